The summed E-state index contributed by atoms with van der Waals surface area (Å²) in [4.78, 5) is 27.6. The molecule has 1 aromatic carbocycles. The molecule has 0 saturated heterocycles. The molecule has 3 N–H and O–H groups in total. The fourth-order valence-corrected chi connectivity index (χ4v) is 3.98. The van der Waals surface area contributed by atoms with Crippen LogP contribution in [-0.2, 0) is 6.18 Å². The first-order chi connectivity index (χ1) is 12.7. The number of aromatic amines is 2. The average molecular weight is 422 g/mol. The smallest absolute Gasteiger partial charge is 0.394 e. The number of thioether (sulfide) groups is 1. The van der Waals surface area contributed by atoms with Crippen LogP contribution in [0, 0.1) is 0 Å². The molecule has 8 nitrogen and oxygen atoms in total. The first kappa shape index (κ1) is 19.5. The third-order valence-electron chi connectivity index (χ3n) is 3.68. The molecule has 0 saturated carbocycles. The van der Waals surface area contributed by atoms with Gasteiger partial charge in [0.1, 0.15) is 0 Å². The summed E-state index contributed by atoms with van der Waals surface area (Å²) in [7, 11) is 0. The van der Waals surface area contributed by atoms with Gasteiger partial charge in [0.25, 0.3) is 5.56 Å². The number of aliphatic hydroxyl groups excluding tert-OH is 1. The Kier molecular flexibility index (Phi) is 5.31. The van der Waals surface area contributed by atoms with Gasteiger partial charge in [0.05, 0.1) is 45.2 Å². The van der Waals surface area contributed by atoms with Gasteiger partial charge in [0.15, 0.2) is 0 Å². The molecule has 3 rings (SSSR count). The highest BCUT2D eigenvalue weighted by molar-refractivity contribution is 7.99. The van der Waals surface area contributed by atoms with Crippen LogP contribution in [0.3, 0.4) is 0 Å². The van der Waals surface area contributed by atoms with Gasteiger partial charge in [-0.05, 0) is 6.07 Å². The van der Waals surface area contributed by atoms with Gasteiger partial charge in [-0.2, -0.15) is 13.2 Å². The van der Waals surface area contributed by atoms with Gasteiger partial charge in [-0.15, -0.1) is 16.9 Å². The highest BCUT2D eigenvalue weighted by Gasteiger charge is 2.35. The van der Waals surface area contributed by atoms with Gasteiger partial charge in [-0.25, -0.2) is 9.48 Å². The van der Waals surface area contributed by atoms with Crippen molar-refractivity contribution in [1.82, 2.24) is 25.0 Å². The molecule has 0 amide bonds. The van der Waals surface area contributed by atoms with Crippen molar-refractivity contribution in [2.24, 2.45) is 0 Å². The van der Waals surface area contributed by atoms with Crippen LogP contribution in [-0.4, -0.2) is 42.4 Å². The Morgan fingerprint density at radius 1 is 1.33 bits per heavy atom. The van der Waals surface area contributed by atoms with Crippen LogP contribution in [0.4, 0.5) is 13.2 Å². The maximum Gasteiger partial charge on any atom is 0.417 e. The summed E-state index contributed by atoms with van der Waals surface area (Å²) < 4.78 is 41.3. The quantitative estimate of drug-likeness (QED) is 0.541. The Morgan fingerprint density at radius 2 is 2.07 bits per heavy atom. The van der Waals surface area contributed by atoms with Crippen molar-refractivity contribution in [3.63, 3.8) is 0 Å². The third kappa shape index (κ3) is 3.87. The largest absolute Gasteiger partial charge is 0.417 e. The van der Waals surface area contributed by atoms with Gasteiger partial charge >= 0.3 is 11.9 Å². The predicted octanol–water partition coefficient (Wildman–Crippen LogP) is 1.81. The van der Waals surface area contributed by atoms with E-state index in [-0.39, 0.29) is 28.2 Å². The first-order valence-corrected chi connectivity index (χ1v) is 8.74. The van der Waals surface area contributed by atoms with Gasteiger partial charge in [-0.1, -0.05) is 16.8 Å². The minimum atomic E-state index is -4.80. The second-order valence-corrected chi connectivity index (χ2v) is 6.83. The molecule has 0 aliphatic rings. The molecule has 0 unspecified atom stereocenters. The number of fused-ring (bicyclic) bond motifs is 1. The number of benzene rings is 1. The molecule has 144 valence electrons. The second kappa shape index (κ2) is 7.37. The Labute approximate surface area is 157 Å². The number of nitrogens with zero attached hydrogens (tertiary/aromatic N) is 3. The molecule has 0 spiro atoms. The maximum absolute atomic E-state index is 13.3. The van der Waals surface area contributed by atoms with Crippen molar-refractivity contribution in [2.75, 3.05) is 12.4 Å². The van der Waals surface area contributed by atoms with E-state index in [1.165, 1.54) is 17.1 Å². The normalized spacial score (nSPS) is 13.2. The van der Waals surface area contributed by atoms with E-state index in [9.17, 15) is 27.9 Å². The summed E-state index contributed by atoms with van der Waals surface area (Å²) in [5.74, 6) is 0.0603. The van der Waals surface area contributed by atoms with Crippen molar-refractivity contribution >= 4 is 34.3 Å². The summed E-state index contributed by atoms with van der Waals surface area (Å²) >= 11 is 6.81. The molecule has 0 aliphatic heterocycles. The molecular formula is C14H11ClF3N5O3S. The Hall–Kier alpha value is -2.31. The molecule has 27 heavy (non-hydrogen) atoms. The van der Waals surface area contributed by atoms with Crippen LogP contribution in [0.2, 0.25) is 5.02 Å². The molecule has 2 heterocycles. The summed E-state index contributed by atoms with van der Waals surface area (Å²) in [5, 5.41) is 15.9. The van der Waals surface area contributed by atoms with Crippen LogP contribution >= 0.6 is 23.4 Å². The minimum Gasteiger partial charge on any atom is -0.394 e. The molecule has 0 aliphatic carbocycles. The molecule has 0 radical (unpaired) electrons. The summed E-state index contributed by atoms with van der Waals surface area (Å²) in [6.07, 6.45) is -1.93. The van der Waals surface area contributed by atoms with E-state index in [2.05, 4.69) is 15.3 Å². The maximum atomic E-state index is 13.3. The number of rotatable bonds is 5. The van der Waals surface area contributed by atoms with Crippen LogP contribution in [0.25, 0.3) is 10.9 Å². The van der Waals surface area contributed by atoms with E-state index < -0.39 is 34.1 Å². The molecule has 2 aromatic heterocycles. The number of alkyl halides is 3. The van der Waals surface area contributed by atoms with E-state index in [0.29, 0.717) is 6.07 Å². The fraction of sp³-hybridized carbons (Fsp3) is 0.286. The number of hydrogen-bond acceptors (Lipinski definition) is 6. The van der Waals surface area contributed by atoms with Gasteiger partial charge in [-0.3, -0.25) is 9.78 Å². The number of H-pyrrole nitrogens is 2. The van der Waals surface area contributed by atoms with Gasteiger partial charge < -0.3 is 10.1 Å². The summed E-state index contributed by atoms with van der Waals surface area (Å²) in [6.45, 7) is -0.359. The number of halogens is 4. The lowest BCUT2D eigenvalue weighted by molar-refractivity contribution is -0.137. The number of aliphatic hydroxyl groups is 1. The molecule has 1 atom stereocenters. The Balaban J connectivity index is 2.13. The lowest BCUT2D eigenvalue weighted by Gasteiger charge is -2.17. The van der Waals surface area contributed by atoms with Gasteiger partial charge in [0, 0.05) is 11.9 Å². The molecule has 0 bridgehead atoms. The second-order valence-electron chi connectivity index (χ2n) is 5.43. The number of aromatic nitrogens is 5. The van der Waals surface area contributed by atoms with Crippen molar-refractivity contribution in [2.45, 2.75) is 17.1 Å². The van der Waals surface area contributed by atoms with Crippen molar-refractivity contribution in [3.8, 4) is 0 Å². The van der Waals surface area contributed by atoms with Crippen LogP contribution in [0.5, 0.6) is 0 Å². The monoisotopic (exact) mass is 421 g/mol. The molecule has 13 heteroatoms. The highest BCUT2D eigenvalue weighted by atomic mass is 35.5. The Morgan fingerprint density at radius 3 is 2.67 bits per heavy atom. The zero-order valence-corrected chi connectivity index (χ0v) is 14.8. The zero-order chi connectivity index (χ0) is 19.8. The summed E-state index contributed by atoms with van der Waals surface area (Å²) in [6, 6.07) is -0.0101. The topological polar surface area (TPSA) is 117 Å². The minimum absolute atomic E-state index is 0.0603. The predicted molar refractivity (Wildman–Crippen MR) is 92.1 cm³/mol. The number of nitrogens with one attached hydrogen (secondary N) is 2. The lowest BCUT2D eigenvalue weighted by atomic mass is 10.1. The van der Waals surface area contributed by atoms with Crippen LogP contribution < -0.4 is 11.2 Å². The standard InChI is InChI=1S/C14H11ClF3N5O3S/c15-9-8(14(16,17)18)3-7-10(20-13(26)21-12(7)25)11(9)27-5-6(4-24)23-2-1-19-22-23/h1-3,6,24H,4-5H2,(H2,20,21,25,26)/t6-/m0/s1. The average Bonchev–Trinajstić information content (AvgIpc) is 3.10. The van der Waals surface area contributed by atoms with E-state index >= 15 is 0 Å². The van der Waals surface area contributed by atoms with Crippen molar-refractivity contribution in [1.29, 1.82) is 0 Å². The van der Waals surface area contributed by atoms with E-state index in [1.54, 1.807) is 0 Å². The van der Waals surface area contributed by atoms with E-state index in [1.807, 2.05) is 4.98 Å². The highest BCUT2D eigenvalue weighted by Crippen LogP contribution is 2.43. The number of hydrogen-bond donors (Lipinski definition) is 3. The first-order valence-electron chi connectivity index (χ1n) is 7.37. The third-order valence-corrected chi connectivity index (χ3v) is 5.44. The van der Waals surface area contributed by atoms with Gasteiger partial charge in [0.2, 0.25) is 0 Å². The van der Waals surface area contributed by atoms with Crippen molar-refractivity contribution < 1.29 is 18.3 Å². The Bertz CT molecular complexity index is 1080. The molecular weight excluding hydrogens is 411 g/mol. The summed E-state index contributed by atoms with van der Waals surface area (Å²) in [5.41, 5.74) is -3.15. The van der Waals surface area contributed by atoms with Crippen molar-refractivity contribution in [3.05, 3.63) is 49.9 Å². The lowest BCUT2D eigenvalue weighted by Crippen LogP contribution is -2.23. The SMILES string of the molecule is O=c1[nH]c(=O)c2cc(C(F)(F)F)c(Cl)c(SC[C@H](CO)n3ccnn3)c2[nH]1. The molecule has 0 fully saturated rings. The zero-order valence-electron chi connectivity index (χ0n) is 13.2. The van der Waals surface area contributed by atoms with E-state index in [4.69, 9.17) is 11.6 Å². The van der Waals surface area contributed by atoms with Crippen LogP contribution in [0.1, 0.15) is 11.6 Å². The molecule has 3 aromatic rings. The fourth-order valence-electron chi connectivity index (χ4n) is 2.40. The van der Waals surface area contributed by atoms with Crippen LogP contribution in [0.15, 0.2) is 32.9 Å². The van der Waals surface area contributed by atoms with E-state index in [0.717, 1.165) is 11.8 Å².